The summed E-state index contributed by atoms with van der Waals surface area (Å²) in [5.74, 6) is 1.74. The minimum atomic E-state index is 0.575. The highest BCUT2D eigenvalue weighted by molar-refractivity contribution is 5.90. The van der Waals surface area contributed by atoms with E-state index in [-0.39, 0.29) is 0 Å². The summed E-state index contributed by atoms with van der Waals surface area (Å²) in [6, 6.07) is 13.3. The second kappa shape index (κ2) is 10.8. The van der Waals surface area contributed by atoms with Crippen molar-refractivity contribution >= 4 is 28.1 Å². The number of nitrogens with zero attached hydrogens (tertiary/aromatic N) is 7. The molecule has 2 fully saturated rings. The number of rotatable bonds is 8. The largest absolute Gasteiger partial charge is 0.379 e. The average Bonchev–Trinajstić information content (AvgIpc) is 3.27. The Morgan fingerprint density at radius 3 is 2.67 bits per heavy atom. The zero-order chi connectivity index (χ0) is 26.9. The normalized spacial score (nSPS) is 16.6. The molecule has 0 radical (unpaired) electrons. The number of nitrogens with one attached hydrogen (secondary N) is 1. The highest BCUT2D eigenvalue weighted by Gasteiger charge is 2.29. The lowest BCUT2D eigenvalue weighted by Crippen LogP contribution is -2.57. The van der Waals surface area contributed by atoms with Crippen LogP contribution >= 0.6 is 0 Å². The minimum Gasteiger partial charge on any atom is -0.379 e. The third kappa shape index (κ3) is 5.38. The Bertz CT molecular complexity index is 1480. The first-order chi connectivity index (χ1) is 18.9. The molecule has 4 aromatic rings. The Morgan fingerprint density at radius 2 is 1.87 bits per heavy atom. The quantitative estimate of drug-likeness (QED) is 0.374. The van der Waals surface area contributed by atoms with Crippen molar-refractivity contribution in [3.8, 4) is 11.1 Å². The van der Waals surface area contributed by atoms with Crippen molar-refractivity contribution in [2.45, 2.75) is 12.6 Å². The van der Waals surface area contributed by atoms with Crippen LogP contribution in [-0.2, 0) is 18.3 Å². The van der Waals surface area contributed by atoms with Crippen molar-refractivity contribution in [1.82, 2.24) is 29.5 Å². The summed E-state index contributed by atoms with van der Waals surface area (Å²) in [7, 11) is 6.27. The van der Waals surface area contributed by atoms with Crippen LogP contribution in [0.5, 0.6) is 0 Å². The Hall–Kier alpha value is -3.79. The molecule has 0 bridgehead atoms. The molecule has 3 aromatic heterocycles. The zero-order valence-electron chi connectivity index (χ0n) is 23.0. The molecule has 0 atom stereocenters. The van der Waals surface area contributed by atoms with Gasteiger partial charge in [-0.25, -0.2) is 9.97 Å². The van der Waals surface area contributed by atoms with Crippen LogP contribution in [0.1, 0.15) is 11.3 Å². The molecule has 0 unspecified atom stereocenters. The maximum Gasteiger partial charge on any atom is 0.130 e. The van der Waals surface area contributed by atoms with Gasteiger partial charge in [-0.15, -0.1) is 0 Å². The number of aromatic nitrogens is 4. The molecule has 6 rings (SSSR count). The van der Waals surface area contributed by atoms with Gasteiger partial charge in [0.15, 0.2) is 0 Å². The van der Waals surface area contributed by atoms with Crippen LogP contribution in [0.15, 0.2) is 61.6 Å². The van der Waals surface area contributed by atoms with E-state index in [1.165, 1.54) is 5.69 Å². The van der Waals surface area contributed by atoms with Gasteiger partial charge in [-0.1, -0.05) is 18.7 Å². The van der Waals surface area contributed by atoms with E-state index in [9.17, 15) is 0 Å². The van der Waals surface area contributed by atoms with Crippen LogP contribution in [0.25, 0.3) is 27.6 Å². The predicted octanol–water partition coefficient (Wildman–Crippen LogP) is 3.70. The number of aryl methyl sites for hydroxylation is 1. The Labute approximate surface area is 229 Å². The molecule has 1 N–H and O–H groups in total. The van der Waals surface area contributed by atoms with Crippen molar-refractivity contribution in [2.24, 2.45) is 7.05 Å². The van der Waals surface area contributed by atoms with Crippen LogP contribution in [0.2, 0.25) is 0 Å². The van der Waals surface area contributed by atoms with Crippen molar-refractivity contribution in [3.05, 3.63) is 72.8 Å². The van der Waals surface area contributed by atoms with Crippen molar-refractivity contribution in [3.63, 3.8) is 0 Å². The number of fused-ring (bicyclic) bond motifs is 1. The summed E-state index contributed by atoms with van der Waals surface area (Å²) in [5, 5.41) is 10.2. The second-order valence-corrected chi connectivity index (χ2v) is 10.7. The van der Waals surface area contributed by atoms with Gasteiger partial charge < -0.3 is 19.9 Å². The Kier molecular flexibility index (Phi) is 7.03. The molecule has 2 saturated heterocycles. The fourth-order valence-corrected chi connectivity index (χ4v) is 5.21. The number of hydrogen-bond acceptors (Lipinski definition) is 8. The Morgan fingerprint density at radius 1 is 1.05 bits per heavy atom. The molecule has 39 heavy (non-hydrogen) atoms. The van der Waals surface area contributed by atoms with Gasteiger partial charge in [-0.05, 0) is 49.3 Å². The first-order valence-electron chi connectivity index (χ1n) is 13.5. The summed E-state index contributed by atoms with van der Waals surface area (Å²) in [6.07, 6.45) is 5.73. The first-order valence-corrected chi connectivity index (χ1v) is 13.5. The van der Waals surface area contributed by atoms with E-state index in [0.717, 1.165) is 90.7 Å². The summed E-state index contributed by atoms with van der Waals surface area (Å²) in [6.45, 7) is 10.6. The number of likely N-dealkylation sites (N-methyl/N-ethyl adjacent to an activating group) is 1. The van der Waals surface area contributed by atoms with Gasteiger partial charge in [0, 0.05) is 80.4 Å². The molecular formula is C30H36N8O. The summed E-state index contributed by atoms with van der Waals surface area (Å²) < 4.78 is 7.51. The molecule has 2 aliphatic heterocycles. The van der Waals surface area contributed by atoms with E-state index >= 15 is 0 Å². The molecule has 0 amide bonds. The smallest absolute Gasteiger partial charge is 0.130 e. The molecule has 5 heterocycles. The molecule has 0 aliphatic carbocycles. The molecule has 202 valence electrons. The lowest BCUT2D eigenvalue weighted by Gasteiger charge is -2.43. The minimum absolute atomic E-state index is 0.575. The highest BCUT2D eigenvalue weighted by atomic mass is 16.5. The van der Waals surface area contributed by atoms with E-state index in [1.54, 1.807) is 0 Å². The maximum atomic E-state index is 5.53. The van der Waals surface area contributed by atoms with Gasteiger partial charge in [0.05, 0.1) is 25.1 Å². The monoisotopic (exact) mass is 524 g/mol. The van der Waals surface area contributed by atoms with Crippen molar-refractivity contribution in [2.75, 3.05) is 63.7 Å². The number of morpholine rings is 1. The third-order valence-corrected chi connectivity index (χ3v) is 7.86. The zero-order valence-corrected chi connectivity index (χ0v) is 23.0. The lowest BCUT2D eigenvalue weighted by molar-refractivity contribution is 0.0332. The number of ether oxygens (including phenoxy) is 1. The maximum absolute atomic E-state index is 5.53. The summed E-state index contributed by atoms with van der Waals surface area (Å²) in [4.78, 5) is 16.2. The molecule has 2 aliphatic rings. The molecule has 0 spiro atoms. The second-order valence-electron chi connectivity index (χ2n) is 10.7. The average molecular weight is 525 g/mol. The predicted molar refractivity (Wildman–Crippen MR) is 157 cm³/mol. The highest BCUT2D eigenvalue weighted by Crippen LogP contribution is 2.30. The standard InChI is InChI=1S/C30H36N8O/c1-21(22-7-8-31-30(15-22)38-18-26(19-38)35(2)3)34-29-14-25-13-23(5-6-24(25)16-32-29)27-17-33-36(4)28(27)20-37-9-11-39-12-10-37/h5-8,13-17,26H,1,9-12,18-20H2,2-4H3,(H,32,34). The molecule has 9 nitrogen and oxygen atoms in total. The number of hydrogen-bond donors (Lipinski definition) is 1. The number of pyridine rings is 2. The van der Waals surface area contributed by atoms with Gasteiger partial charge in [0.1, 0.15) is 11.6 Å². The van der Waals surface area contributed by atoms with Crippen LogP contribution in [0.4, 0.5) is 11.6 Å². The molecular weight excluding hydrogens is 488 g/mol. The SMILES string of the molecule is C=C(Nc1cc2cc(-c3cnn(C)c3CN3CCOCC3)ccc2cn1)c1ccnc(N2CC(N(C)C)C2)c1. The van der Waals surface area contributed by atoms with E-state index in [0.29, 0.717) is 6.04 Å². The van der Waals surface area contributed by atoms with Crippen molar-refractivity contribution in [1.29, 1.82) is 0 Å². The van der Waals surface area contributed by atoms with Gasteiger partial charge in [-0.2, -0.15) is 5.10 Å². The Balaban J connectivity index is 1.20. The fraction of sp³-hybridized carbons (Fsp3) is 0.367. The number of anilines is 2. The van der Waals surface area contributed by atoms with Crippen molar-refractivity contribution < 1.29 is 4.74 Å². The molecule has 1 aromatic carbocycles. The van der Waals surface area contributed by atoms with E-state index < -0.39 is 0 Å². The summed E-state index contributed by atoms with van der Waals surface area (Å²) in [5.41, 5.74) is 5.33. The van der Waals surface area contributed by atoms with E-state index in [2.05, 4.69) is 86.1 Å². The first kappa shape index (κ1) is 25.5. The third-order valence-electron chi connectivity index (χ3n) is 7.86. The van der Waals surface area contributed by atoms with E-state index in [1.807, 2.05) is 36.4 Å². The van der Waals surface area contributed by atoms with Crippen LogP contribution in [0.3, 0.4) is 0 Å². The van der Waals surface area contributed by atoms with Gasteiger partial charge in [-0.3, -0.25) is 9.58 Å². The van der Waals surface area contributed by atoms with Crippen LogP contribution < -0.4 is 10.2 Å². The molecule has 0 saturated carbocycles. The van der Waals surface area contributed by atoms with Gasteiger partial charge in [0.2, 0.25) is 0 Å². The van der Waals surface area contributed by atoms with Gasteiger partial charge in [0.25, 0.3) is 0 Å². The fourth-order valence-electron chi connectivity index (χ4n) is 5.21. The van der Waals surface area contributed by atoms with E-state index in [4.69, 9.17) is 4.74 Å². The van der Waals surface area contributed by atoms with Crippen LogP contribution in [-0.4, -0.2) is 89.1 Å². The van der Waals surface area contributed by atoms with Crippen LogP contribution in [0, 0.1) is 0 Å². The molecule has 9 heteroatoms. The van der Waals surface area contributed by atoms with Gasteiger partial charge >= 0.3 is 0 Å². The number of benzene rings is 1. The summed E-state index contributed by atoms with van der Waals surface area (Å²) >= 11 is 0. The lowest BCUT2D eigenvalue weighted by atomic mass is 10.0. The topological polar surface area (TPSA) is 74.6 Å².